The van der Waals surface area contributed by atoms with Gasteiger partial charge in [0.1, 0.15) is 5.75 Å². The molecule has 6 heteroatoms. The van der Waals surface area contributed by atoms with Crippen molar-refractivity contribution in [1.82, 2.24) is 4.90 Å². The van der Waals surface area contributed by atoms with E-state index in [1.807, 2.05) is 43.0 Å². The van der Waals surface area contributed by atoms with Crippen LogP contribution in [0.5, 0.6) is 5.75 Å². The first-order valence-electron chi connectivity index (χ1n) is 12.5. The molecule has 34 heavy (non-hydrogen) atoms. The van der Waals surface area contributed by atoms with Gasteiger partial charge >= 0.3 is 0 Å². The molecule has 2 fully saturated rings. The molecule has 6 nitrogen and oxygen atoms in total. The number of piperidine rings is 1. The molecule has 0 aromatic heterocycles. The fraction of sp³-hybridized carbons (Fsp3) is 0.536. The van der Waals surface area contributed by atoms with Crippen LogP contribution >= 0.6 is 0 Å². The van der Waals surface area contributed by atoms with Crippen LogP contribution in [-0.4, -0.2) is 60.5 Å². The van der Waals surface area contributed by atoms with E-state index in [2.05, 4.69) is 24.3 Å². The molecule has 0 radical (unpaired) electrons. The highest BCUT2D eigenvalue weighted by molar-refractivity contribution is 5.94. The van der Waals surface area contributed by atoms with E-state index in [4.69, 9.17) is 19.3 Å². The van der Waals surface area contributed by atoms with E-state index < -0.39 is 0 Å². The number of ether oxygens (including phenoxy) is 3. The summed E-state index contributed by atoms with van der Waals surface area (Å²) in [6, 6.07) is 16.0. The Balaban J connectivity index is 1.41. The summed E-state index contributed by atoms with van der Waals surface area (Å²) in [6.45, 7) is 6.61. The van der Waals surface area contributed by atoms with Crippen LogP contribution in [0.1, 0.15) is 66.6 Å². The quantitative estimate of drug-likeness (QED) is 0.571. The van der Waals surface area contributed by atoms with E-state index in [9.17, 15) is 4.79 Å². The van der Waals surface area contributed by atoms with Crippen molar-refractivity contribution < 1.29 is 24.1 Å². The molecule has 2 aromatic rings. The average molecular weight is 468 g/mol. The Bertz CT molecular complexity index is 939. The Hall–Kier alpha value is -2.41. The van der Waals surface area contributed by atoms with Crippen molar-refractivity contribution >= 4 is 5.91 Å². The van der Waals surface area contributed by atoms with Crippen molar-refractivity contribution in [1.29, 1.82) is 0 Å². The molecular weight excluding hydrogens is 430 g/mol. The van der Waals surface area contributed by atoms with Crippen LogP contribution in [0, 0.1) is 6.92 Å². The Morgan fingerprint density at radius 3 is 2.62 bits per heavy atom. The van der Waals surface area contributed by atoms with Crippen molar-refractivity contribution in [3.63, 3.8) is 0 Å². The predicted octanol–water partition coefficient (Wildman–Crippen LogP) is 4.69. The first kappa shape index (κ1) is 24.7. The van der Waals surface area contributed by atoms with Crippen LogP contribution in [0.3, 0.4) is 0 Å². The second kappa shape index (κ2) is 11.3. The third-order valence-corrected chi connectivity index (χ3v) is 6.99. The summed E-state index contributed by atoms with van der Waals surface area (Å²) in [5.41, 5.74) is 2.55. The zero-order chi connectivity index (χ0) is 24.0. The molecule has 1 amide bonds. The highest BCUT2D eigenvalue weighted by Crippen LogP contribution is 2.44. The largest absolute Gasteiger partial charge is 0.493 e. The predicted molar refractivity (Wildman–Crippen MR) is 131 cm³/mol. The molecule has 1 spiro atoms. The number of aliphatic hydroxyl groups is 1. The Kier molecular flexibility index (Phi) is 8.24. The maximum Gasteiger partial charge on any atom is 0.253 e. The van der Waals surface area contributed by atoms with Gasteiger partial charge in [0, 0.05) is 51.1 Å². The lowest BCUT2D eigenvalue weighted by molar-refractivity contribution is -0.190. The second-order valence-corrected chi connectivity index (χ2v) is 9.42. The highest BCUT2D eigenvalue weighted by atomic mass is 16.5. The molecule has 0 aliphatic carbocycles. The highest BCUT2D eigenvalue weighted by Gasteiger charge is 2.45. The lowest BCUT2D eigenvalue weighted by Gasteiger charge is -2.48. The van der Waals surface area contributed by atoms with E-state index in [1.165, 1.54) is 5.56 Å². The van der Waals surface area contributed by atoms with Crippen LogP contribution < -0.4 is 4.74 Å². The zero-order valence-corrected chi connectivity index (χ0v) is 20.4. The number of aryl methyl sites for hydroxylation is 1. The van der Waals surface area contributed by atoms with Gasteiger partial charge in [-0.2, -0.15) is 0 Å². The van der Waals surface area contributed by atoms with Crippen molar-refractivity contribution in [3.05, 3.63) is 65.2 Å². The molecule has 2 atom stereocenters. The summed E-state index contributed by atoms with van der Waals surface area (Å²) < 4.78 is 18.5. The van der Waals surface area contributed by atoms with Crippen LogP contribution in [0.25, 0.3) is 0 Å². The molecule has 2 heterocycles. The number of aliphatic hydroxyl groups excluding tert-OH is 1. The molecule has 0 bridgehead atoms. The smallest absolute Gasteiger partial charge is 0.253 e. The van der Waals surface area contributed by atoms with E-state index in [1.54, 1.807) is 0 Å². The van der Waals surface area contributed by atoms with Crippen molar-refractivity contribution in [3.8, 4) is 5.75 Å². The summed E-state index contributed by atoms with van der Waals surface area (Å²) in [7, 11) is 0. The molecule has 4 rings (SSSR count). The fourth-order valence-corrected chi connectivity index (χ4v) is 5.18. The average Bonchev–Trinajstić information content (AvgIpc) is 2.86. The molecule has 2 saturated heterocycles. The van der Waals surface area contributed by atoms with Gasteiger partial charge in [0.05, 0.1) is 24.4 Å². The Morgan fingerprint density at radius 1 is 1.18 bits per heavy atom. The molecule has 2 unspecified atom stereocenters. The monoisotopic (exact) mass is 467 g/mol. The summed E-state index contributed by atoms with van der Waals surface area (Å²) in [5.74, 6) is 0.809. The topological polar surface area (TPSA) is 68.2 Å². The third-order valence-electron chi connectivity index (χ3n) is 6.99. The Morgan fingerprint density at radius 2 is 1.94 bits per heavy atom. The summed E-state index contributed by atoms with van der Waals surface area (Å²) in [5, 5.41) is 8.93. The standard InChI is InChI=1S/C28H37NO5/c1-3-32-24-19-26(22-8-5-4-6-9-22)34-28(20-24)12-14-29(15-13-28)27(31)23-10-11-25(21(2)18-23)33-17-7-16-30/h4-6,8-11,18,24,26,30H,3,7,12-17,19-20H2,1-2H3. The van der Waals surface area contributed by atoms with Gasteiger partial charge in [-0.05, 0) is 56.0 Å². The number of carbonyl (C=O) groups is 1. The molecule has 2 aromatic carbocycles. The van der Waals surface area contributed by atoms with E-state index >= 15 is 0 Å². The van der Waals surface area contributed by atoms with Gasteiger partial charge < -0.3 is 24.2 Å². The molecule has 184 valence electrons. The number of rotatable bonds is 8. The van der Waals surface area contributed by atoms with Gasteiger partial charge in [-0.15, -0.1) is 0 Å². The summed E-state index contributed by atoms with van der Waals surface area (Å²) in [6.07, 6.45) is 4.16. The number of hydrogen-bond donors (Lipinski definition) is 1. The van der Waals surface area contributed by atoms with E-state index in [0.29, 0.717) is 38.3 Å². The number of amides is 1. The fourth-order valence-electron chi connectivity index (χ4n) is 5.18. The molecule has 1 N–H and O–H groups in total. The number of likely N-dealkylation sites (tertiary alicyclic amines) is 1. The number of benzene rings is 2. The SMILES string of the molecule is CCOC1CC(c2ccccc2)OC2(CCN(C(=O)c3ccc(OCCCO)c(C)c3)CC2)C1. The lowest BCUT2D eigenvalue weighted by atomic mass is 9.80. The molecule has 2 aliphatic heterocycles. The van der Waals surface area contributed by atoms with Gasteiger partial charge in [-0.25, -0.2) is 0 Å². The molecule has 2 aliphatic rings. The number of hydrogen-bond acceptors (Lipinski definition) is 5. The van der Waals surface area contributed by atoms with Gasteiger partial charge in [0.2, 0.25) is 0 Å². The lowest BCUT2D eigenvalue weighted by Crippen LogP contribution is -2.52. The maximum atomic E-state index is 13.2. The summed E-state index contributed by atoms with van der Waals surface area (Å²) in [4.78, 5) is 15.2. The first-order chi connectivity index (χ1) is 16.5. The zero-order valence-electron chi connectivity index (χ0n) is 20.4. The van der Waals surface area contributed by atoms with Gasteiger partial charge in [-0.1, -0.05) is 30.3 Å². The van der Waals surface area contributed by atoms with Gasteiger partial charge in [-0.3, -0.25) is 4.79 Å². The van der Waals surface area contributed by atoms with Crippen LogP contribution in [0.4, 0.5) is 0 Å². The van der Waals surface area contributed by atoms with Crippen molar-refractivity contribution in [2.75, 3.05) is 32.9 Å². The number of nitrogens with zero attached hydrogens (tertiary/aromatic N) is 1. The van der Waals surface area contributed by atoms with E-state index in [0.717, 1.165) is 37.0 Å². The minimum Gasteiger partial charge on any atom is -0.493 e. The van der Waals surface area contributed by atoms with Gasteiger partial charge in [0.15, 0.2) is 0 Å². The Labute approximate surface area is 202 Å². The second-order valence-electron chi connectivity index (χ2n) is 9.42. The van der Waals surface area contributed by atoms with Crippen LogP contribution in [-0.2, 0) is 9.47 Å². The first-order valence-corrected chi connectivity index (χ1v) is 12.5. The summed E-state index contributed by atoms with van der Waals surface area (Å²) >= 11 is 0. The van der Waals surface area contributed by atoms with Crippen LogP contribution in [0.15, 0.2) is 48.5 Å². The molecule has 0 saturated carbocycles. The normalized spacial score (nSPS) is 22.0. The van der Waals surface area contributed by atoms with Gasteiger partial charge in [0.25, 0.3) is 5.91 Å². The minimum absolute atomic E-state index is 0.0229. The maximum absolute atomic E-state index is 13.2. The minimum atomic E-state index is -0.254. The molecular formula is C28H37NO5. The van der Waals surface area contributed by atoms with Crippen molar-refractivity contribution in [2.24, 2.45) is 0 Å². The van der Waals surface area contributed by atoms with Crippen LogP contribution in [0.2, 0.25) is 0 Å². The number of carbonyl (C=O) groups excluding carboxylic acids is 1. The van der Waals surface area contributed by atoms with E-state index in [-0.39, 0.29) is 30.3 Å². The third kappa shape index (κ3) is 5.80. The van der Waals surface area contributed by atoms with Crippen molar-refractivity contribution in [2.45, 2.75) is 63.8 Å².